The van der Waals surface area contributed by atoms with Crippen LogP contribution < -0.4 is 19.7 Å². The molecule has 0 saturated heterocycles. The average molecular weight is 408 g/mol. The number of carbonyl (C=O) groups excluding carboxylic acids is 2. The lowest BCUT2D eigenvalue weighted by atomic mass is 9.88. The summed E-state index contributed by atoms with van der Waals surface area (Å²) >= 11 is 0. The Kier molecular flexibility index (Phi) is 6.52. The number of hydrogen-bond donors (Lipinski definition) is 1. The number of anilines is 2. The molecule has 2 aromatic carbocycles. The fourth-order valence-corrected chi connectivity index (χ4v) is 4.07. The van der Waals surface area contributed by atoms with Gasteiger partial charge in [-0.2, -0.15) is 0 Å². The molecule has 0 atom stereocenters. The Labute approximate surface area is 177 Å². The monoisotopic (exact) mass is 408 g/mol. The third-order valence-corrected chi connectivity index (χ3v) is 5.68. The van der Waals surface area contributed by atoms with Gasteiger partial charge in [-0.05, 0) is 43.5 Å². The van der Waals surface area contributed by atoms with Crippen molar-refractivity contribution in [2.24, 2.45) is 5.92 Å². The summed E-state index contributed by atoms with van der Waals surface area (Å²) in [5, 5.41) is 3.02. The average Bonchev–Trinajstić information content (AvgIpc) is 2.79. The lowest BCUT2D eigenvalue weighted by Gasteiger charge is -2.30. The fraction of sp³-hybridized carbons (Fsp3) is 0.417. The van der Waals surface area contributed by atoms with E-state index in [1.807, 2.05) is 48.5 Å². The number of carbonyl (C=O) groups is 2. The smallest absolute Gasteiger partial charge is 0.265 e. The molecule has 2 aliphatic rings. The van der Waals surface area contributed by atoms with Gasteiger partial charge in [-0.3, -0.25) is 9.59 Å². The third kappa shape index (κ3) is 4.93. The minimum absolute atomic E-state index is 0.00652. The molecule has 0 spiro atoms. The van der Waals surface area contributed by atoms with E-state index in [9.17, 15) is 9.59 Å². The molecule has 4 rings (SSSR count). The van der Waals surface area contributed by atoms with Gasteiger partial charge >= 0.3 is 0 Å². The number of hydrogen-bond acceptors (Lipinski definition) is 4. The minimum Gasteiger partial charge on any atom is -0.494 e. The highest BCUT2D eigenvalue weighted by Crippen LogP contribution is 2.35. The summed E-state index contributed by atoms with van der Waals surface area (Å²) in [6.07, 6.45) is 6.09. The molecule has 0 aromatic heterocycles. The van der Waals surface area contributed by atoms with Crippen molar-refractivity contribution in [1.82, 2.24) is 0 Å². The zero-order valence-electron chi connectivity index (χ0n) is 17.1. The zero-order chi connectivity index (χ0) is 20.8. The minimum atomic E-state index is -0.0683. The molecule has 0 unspecified atom stereocenters. The number of benzene rings is 2. The lowest BCUT2D eigenvalue weighted by Crippen LogP contribution is -2.39. The highest BCUT2D eigenvalue weighted by atomic mass is 16.5. The molecule has 1 aliphatic carbocycles. The van der Waals surface area contributed by atoms with Gasteiger partial charge in [0.2, 0.25) is 5.91 Å². The fourth-order valence-electron chi connectivity index (χ4n) is 4.07. The highest BCUT2D eigenvalue weighted by Gasteiger charge is 2.26. The Morgan fingerprint density at radius 2 is 1.90 bits per heavy atom. The summed E-state index contributed by atoms with van der Waals surface area (Å²) in [6.45, 7) is 1.09. The van der Waals surface area contributed by atoms with Crippen LogP contribution in [-0.4, -0.2) is 31.6 Å². The van der Waals surface area contributed by atoms with Crippen LogP contribution in [0, 0.1) is 5.92 Å². The molecule has 2 aromatic rings. The second kappa shape index (κ2) is 9.65. The Hall–Kier alpha value is -3.02. The van der Waals surface area contributed by atoms with E-state index in [2.05, 4.69) is 5.32 Å². The van der Waals surface area contributed by atoms with Crippen LogP contribution in [-0.2, 0) is 9.59 Å². The van der Waals surface area contributed by atoms with E-state index in [0.29, 0.717) is 31.0 Å². The Bertz CT molecular complexity index is 878. The van der Waals surface area contributed by atoms with Crippen molar-refractivity contribution < 1.29 is 19.1 Å². The van der Waals surface area contributed by atoms with Gasteiger partial charge in [-0.1, -0.05) is 37.5 Å². The lowest BCUT2D eigenvalue weighted by molar-refractivity contribution is -0.121. The van der Waals surface area contributed by atoms with Gasteiger partial charge in [-0.25, -0.2) is 0 Å². The van der Waals surface area contributed by atoms with Crippen LogP contribution in [0.1, 0.15) is 38.5 Å². The van der Waals surface area contributed by atoms with Crippen molar-refractivity contribution in [2.45, 2.75) is 38.5 Å². The maximum Gasteiger partial charge on any atom is 0.265 e. The number of fused-ring (bicyclic) bond motifs is 1. The molecule has 0 radical (unpaired) electrons. The largest absolute Gasteiger partial charge is 0.494 e. The topological polar surface area (TPSA) is 67.9 Å². The summed E-state index contributed by atoms with van der Waals surface area (Å²) in [7, 11) is 0. The van der Waals surface area contributed by atoms with Gasteiger partial charge < -0.3 is 19.7 Å². The predicted octanol–water partition coefficient (Wildman–Crippen LogP) is 4.40. The molecule has 6 heteroatoms. The zero-order valence-corrected chi connectivity index (χ0v) is 17.1. The SMILES string of the molecule is O=C(Nc1ccc2c(c1)OCC(=O)N2CCCOc1ccccc1)C1CCCCC1. The standard InChI is InChI=1S/C24H28N2O4/c27-23-17-30-22-16-19(25-24(28)18-8-3-1-4-9-18)12-13-21(22)26(23)14-7-15-29-20-10-5-2-6-11-20/h2,5-6,10-13,16,18H,1,3-4,7-9,14-15,17H2,(H,25,28). The molecule has 158 valence electrons. The summed E-state index contributed by atoms with van der Waals surface area (Å²) in [4.78, 5) is 26.6. The molecule has 6 nitrogen and oxygen atoms in total. The molecule has 1 N–H and O–H groups in total. The maximum absolute atomic E-state index is 12.5. The van der Waals surface area contributed by atoms with E-state index in [1.165, 1.54) is 6.42 Å². The van der Waals surface area contributed by atoms with E-state index in [1.54, 1.807) is 4.90 Å². The number of ether oxygens (including phenoxy) is 2. The predicted molar refractivity (Wildman–Crippen MR) is 116 cm³/mol. The first-order valence-electron chi connectivity index (χ1n) is 10.8. The molecule has 0 bridgehead atoms. The summed E-state index contributed by atoms with van der Waals surface area (Å²) in [5.74, 6) is 1.56. The van der Waals surface area contributed by atoms with Gasteiger partial charge in [0.1, 0.15) is 11.5 Å². The van der Waals surface area contributed by atoms with Crippen molar-refractivity contribution >= 4 is 23.2 Å². The van der Waals surface area contributed by atoms with Gasteiger partial charge in [0.15, 0.2) is 6.61 Å². The molecular formula is C24H28N2O4. The Balaban J connectivity index is 1.35. The highest BCUT2D eigenvalue weighted by molar-refractivity contribution is 5.99. The van der Waals surface area contributed by atoms with E-state index in [4.69, 9.17) is 9.47 Å². The first-order chi connectivity index (χ1) is 14.7. The van der Waals surface area contributed by atoms with Gasteiger partial charge in [0.25, 0.3) is 5.91 Å². The number of rotatable bonds is 7. The van der Waals surface area contributed by atoms with Gasteiger partial charge in [0, 0.05) is 24.2 Å². The van der Waals surface area contributed by atoms with Crippen molar-refractivity contribution in [1.29, 1.82) is 0 Å². The number of para-hydroxylation sites is 1. The Morgan fingerprint density at radius 3 is 2.70 bits per heavy atom. The molecule has 30 heavy (non-hydrogen) atoms. The van der Waals surface area contributed by atoms with E-state index >= 15 is 0 Å². The van der Waals surface area contributed by atoms with Crippen LogP contribution in [0.25, 0.3) is 0 Å². The molecule has 1 saturated carbocycles. The molecule has 1 aliphatic heterocycles. The second-order valence-corrected chi connectivity index (χ2v) is 7.86. The van der Waals surface area contributed by atoms with E-state index < -0.39 is 0 Å². The van der Waals surface area contributed by atoms with E-state index in [0.717, 1.165) is 37.1 Å². The Morgan fingerprint density at radius 1 is 1.10 bits per heavy atom. The summed E-state index contributed by atoms with van der Waals surface area (Å²) in [5.41, 5.74) is 1.45. The van der Waals surface area contributed by atoms with Crippen LogP contribution in [0.2, 0.25) is 0 Å². The van der Waals surface area contributed by atoms with Crippen LogP contribution in [0.15, 0.2) is 48.5 Å². The van der Waals surface area contributed by atoms with Crippen LogP contribution in [0.5, 0.6) is 11.5 Å². The van der Waals surface area contributed by atoms with E-state index in [-0.39, 0.29) is 24.3 Å². The first-order valence-corrected chi connectivity index (χ1v) is 10.8. The number of amides is 2. The second-order valence-electron chi connectivity index (χ2n) is 7.86. The third-order valence-electron chi connectivity index (χ3n) is 5.68. The van der Waals surface area contributed by atoms with Crippen LogP contribution in [0.4, 0.5) is 11.4 Å². The maximum atomic E-state index is 12.5. The first kappa shape index (κ1) is 20.3. The molecular weight excluding hydrogens is 380 g/mol. The molecule has 1 heterocycles. The van der Waals surface area contributed by atoms with Crippen molar-refractivity contribution in [3.63, 3.8) is 0 Å². The van der Waals surface area contributed by atoms with Crippen molar-refractivity contribution in [3.05, 3.63) is 48.5 Å². The molecule has 1 fully saturated rings. The summed E-state index contributed by atoms with van der Waals surface area (Å²) < 4.78 is 11.4. The quantitative estimate of drug-likeness (QED) is 0.690. The van der Waals surface area contributed by atoms with Crippen LogP contribution in [0.3, 0.4) is 0 Å². The van der Waals surface area contributed by atoms with Crippen molar-refractivity contribution in [3.8, 4) is 11.5 Å². The van der Waals surface area contributed by atoms with Crippen LogP contribution >= 0.6 is 0 Å². The summed E-state index contributed by atoms with van der Waals surface area (Å²) in [6, 6.07) is 15.1. The van der Waals surface area contributed by atoms with Crippen molar-refractivity contribution in [2.75, 3.05) is 30.0 Å². The molecule has 2 amide bonds. The number of nitrogens with zero attached hydrogens (tertiary/aromatic N) is 1. The van der Waals surface area contributed by atoms with Gasteiger partial charge in [-0.15, -0.1) is 0 Å². The normalized spacial score (nSPS) is 16.5. The number of nitrogens with one attached hydrogen (secondary N) is 1. The van der Waals surface area contributed by atoms with Gasteiger partial charge in [0.05, 0.1) is 12.3 Å².